The molecule has 2 aliphatic rings. The normalized spacial score (nSPS) is 19.5. The van der Waals surface area contributed by atoms with Crippen LogP contribution in [0, 0.1) is 5.92 Å². The van der Waals surface area contributed by atoms with Gasteiger partial charge in [-0.1, -0.05) is 98.1 Å². The van der Waals surface area contributed by atoms with Crippen LogP contribution in [0.4, 0.5) is 4.79 Å². The molecule has 0 aromatic heterocycles. The molecular formula is C34H38N2O6. The quantitative estimate of drug-likeness (QED) is 0.272. The van der Waals surface area contributed by atoms with Gasteiger partial charge in [0.25, 0.3) is 0 Å². The number of benzene rings is 3. The Hall–Kier alpha value is -4.17. The summed E-state index contributed by atoms with van der Waals surface area (Å²) < 4.78 is 11.5. The number of alkyl carbamates (subject to hydrolysis) is 1. The van der Waals surface area contributed by atoms with Crippen LogP contribution < -0.4 is 10.6 Å². The number of carboxylic acids is 1. The number of fused-ring (bicyclic) bond motifs is 3. The molecule has 0 spiro atoms. The SMILES string of the molecule is C[C@H](OCc1ccccc1)[C@@H](NC(=O)C1CCCCCC1NC(=O)OCC1c2ccccc2-c2ccccc21)C(=O)O. The maximum Gasteiger partial charge on any atom is 0.407 e. The van der Waals surface area contributed by atoms with Gasteiger partial charge in [-0.25, -0.2) is 9.59 Å². The fourth-order valence-electron chi connectivity index (χ4n) is 6.12. The van der Waals surface area contributed by atoms with Crippen molar-refractivity contribution in [3.63, 3.8) is 0 Å². The molecule has 1 fully saturated rings. The number of carbonyl (C=O) groups excluding carboxylic acids is 2. The second-order valence-corrected chi connectivity index (χ2v) is 11.1. The van der Waals surface area contributed by atoms with Crippen LogP contribution in [0.25, 0.3) is 11.1 Å². The minimum Gasteiger partial charge on any atom is -0.480 e. The maximum atomic E-state index is 13.5. The largest absolute Gasteiger partial charge is 0.480 e. The number of hydrogen-bond donors (Lipinski definition) is 3. The fourth-order valence-corrected chi connectivity index (χ4v) is 6.12. The molecule has 5 rings (SSSR count). The highest BCUT2D eigenvalue weighted by Crippen LogP contribution is 2.44. The molecule has 1 saturated carbocycles. The molecule has 0 aliphatic heterocycles. The molecule has 2 aliphatic carbocycles. The van der Waals surface area contributed by atoms with Crippen LogP contribution in [0.1, 0.15) is 61.6 Å². The summed E-state index contributed by atoms with van der Waals surface area (Å²) in [7, 11) is 0. The molecule has 3 N–H and O–H groups in total. The molecule has 0 heterocycles. The van der Waals surface area contributed by atoms with E-state index in [-0.39, 0.29) is 19.1 Å². The highest BCUT2D eigenvalue weighted by atomic mass is 16.5. The van der Waals surface area contributed by atoms with E-state index < -0.39 is 42.1 Å². The van der Waals surface area contributed by atoms with Crippen LogP contribution in [0.15, 0.2) is 78.9 Å². The van der Waals surface area contributed by atoms with E-state index in [0.717, 1.165) is 47.1 Å². The first-order valence-electron chi connectivity index (χ1n) is 14.7. The molecule has 8 nitrogen and oxygen atoms in total. The van der Waals surface area contributed by atoms with Gasteiger partial charge in [-0.15, -0.1) is 0 Å². The second-order valence-electron chi connectivity index (χ2n) is 11.1. The lowest BCUT2D eigenvalue weighted by molar-refractivity contribution is -0.147. The van der Waals surface area contributed by atoms with Crippen LogP contribution in [0.5, 0.6) is 0 Å². The van der Waals surface area contributed by atoms with Crippen LogP contribution in [0.3, 0.4) is 0 Å². The third-order valence-electron chi connectivity index (χ3n) is 8.39. The number of amides is 2. The predicted octanol–water partition coefficient (Wildman–Crippen LogP) is 5.65. The summed E-state index contributed by atoms with van der Waals surface area (Å²) in [6.45, 7) is 2.05. The summed E-state index contributed by atoms with van der Waals surface area (Å²) in [6.07, 6.45) is 2.44. The Balaban J connectivity index is 1.20. The van der Waals surface area contributed by atoms with E-state index in [1.807, 2.05) is 54.6 Å². The van der Waals surface area contributed by atoms with Crippen molar-refractivity contribution in [1.29, 1.82) is 0 Å². The third-order valence-corrected chi connectivity index (χ3v) is 8.39. The molecule has 4 atom stereocenters. The van der Waals surface area contributed by atoms with E-state index in [9.17, 15) is 19.5 Å². The topological polar surface area (TPSA) is 114 Å². The minimum absolute atomic E-state index is 0.0647. The van der Waals surface area contributed by atoms with Gasteiger partial charge in [0.05, 0.1) is 18.6 Å². The molecule has 2 unspecified atom stereocenters. The first-order chi connectivity index (χ1) is 20.4. The second kappa shape index (κ2) is 13.7. The van der Waals surface area contributed by atoms with Crippen molar-refractivity contribution in [3.8, 4) is 11.1 Å². The van der Waals surface area contributed by atoms with Gasteiger partial charge in [0, 0.05) is 12.0 Å². The summed E-state index contributed by atoms with van der Waals surface area (Å²) in [5, 5.41) is 15.5. The van der Waals surface area contributed by atoms with Crippen molar-refractivity contribution in [1.82, 2.24) is 10.6 Å². The minimum atomic E-state index is -1.22. The van der Waals surface area contributed by atoms with Gasteiger partial charge in [-0.3, -0.25) is 4.79 Å². The molecular weight excluding hydrogens is 532 g/mol. The monoisotopic (exact) mass is 570 g/mol. The molecule has 0 radical (unpaired) electrons. The number of nitrogens with one attached hydrogen (secondary N) is 2. The third kappa shape index (κ3) is 6.82. The number of aliphatic carboxylic acids is 1. The van der Waals surface area contributed by atoms with E-state index in [4.69, 9.17) is 9.47 Å². The molecule has 42 heavy (non-hydrogen) atoms. The Morgan fingerprint density at radius 2 is 1.48 bits per heavy atom. The van der Waals surface area contributed by atoms with E-state index >= 15 is 0 Å². The molecule has 220 valence electrons. The van der Waals surface area contributed by atoms with Crippen molar-refractivity contribution < 1.29 is 29.0 Å². The zero-order valence-corrected chi connectivity index (χ0v) is 23.8. The Bertz CT molecular complexity index is 1350. The molecule has 0 bridgehead atoms. The molecule has 8 heteroatoms. The Morgan fingerprint density at radius 3 is 2.14 bits per heavy atom. The van der Waals surface area contributed by atoms with Crippen molar-refractivity contribution in [2.45, 2.75) is 69.7 Å². The maximum absolute atomic E-state index is 13.5. The van der Waals surface area contributed by atoms with Gasteiger partial charge in [-0.05, 0) is 47.6 Å². The van der Waals surface area contributed by atoms with Gasteiger partial charge in [0.1, 0.15) is 6.61 Å². The van der Waals surface area contributed by atoms with Crippen LogP contribution in [-0.4, -0.2) is 47.9 Å². The molecule has 2 amide bonds. The van der Waals surface area contributed by atoms with Gasteiger partial charge in [0.15, 0.2) is 6.04 Å². The number of carboxylic acid groups (broad SMARTS) is 1. The Labute approximate surface area is 246 Å². The Morgan fingerprint density at radius 1 is 0.857 bits per heavy atom. The van der Waals surface area contributed by atoms with Crippen LogP contribution in [0.2, 0.25) is 0 Å². The van der Waals surface area contributed by atoms with E-state index in [0.29, 0.717) is 12.8 Å². The Kier molecular flexibility index (Phi) is 9.54. The van der Waals surface area contributed by atoms with Crippen molar-refractivity contribution in [2.24, 2.45) is 5.92 Å². The number of ether oxygens (including phenoxy) is 2. The predicted molar refractivity (Wildman–Crippen MR) is 159 cm³/mol. The standard InChI is InChI=1S/C34H38N2O6/c1-22(41-20-23-12-4-2-5-13-23)31(33(38)39)36-32(37)28-18-6-3-7-19-30(28)35-34(40)42-21-29-26-16-10-8-14-24(26)25-15-9-11-17-27(25)29/h2,4-5,8-17,22,28-31H,3,6-7,18-21H2,1H3,(H,35,40)(H,36,37)(H,38,39)/t22-,28?,30?,31+/m0/s1. The number of rotatable bonds is 10. The zero-order valence-electron chi connectivity index (χ0n) is 23.8. The average Bonchev–Trinajstić information content (AvgIpc) is 3.13. The summed E-state index contributed by atoms with van der Waals surface area (Å²) in [5.41, 5.74) is 5.47. The van der Waals surface area contributed by atoms with Crippen molar-refractivity contribution >= 4 is 18.0 Å². The lowest BCUT2D eigenvalue weighted by atomic mass is 9.93. The summed E-state index contributed by atoms with van der Waals surface area (Å²) in [4.78, 5) is 38.6. The first-order valence-corrected chi connectivity index (χ1v) is 14.7. The smallest absolute Gasteiger partial charge is 0.407 e. The zero-order chi connectivity index (χ0) is 29.5. The highest BCUT2D eigenvalue weighted by Gasteiger charge is 2.36. The highest BCUT2D eigenvalue weighted by molar-refractivity contribution is 5.86. The van der Waals surface area contributed by atoms with E-state index in [1.54, 1.807) is 6.92 Å². The summed E-state index contributed by atoms with van der Waals surface area (Å²) in [6, 6.07) is 24.1. The van der Waals surface area contributed by atoms with Crippen LogP contribution in [-0.2, 0) is 25.7 Å². The first kappa shape index (κ1) is 29.3. The molecule has 3 aromatic rings. The lowest BCUT2D eigenvalue weighted by Crippen LogP contribution is -2.54. The van der Waals surface area contributed by atoms with E-state index in [1.165, 1.54) is 0 Å². The average molecular weight is 571 g/mol. The fraction of sp³-hybridized carbons (Fsp3) is 0.382. The number of hydrogen-bond acceptors (Lipinski definition) is 5. The molecule has 0 saturated heterocycles. The van der Waals surface area contributed by atoms with E-state index in [2.05, 4.69) is 34.9 Å². The van der Waals surface area contributed by atoms with Gasteiger partial charge < -0.3 is 25.2 Å². The van der Waals surface area contributed by atoms with Gasteiger partial charge in [0.2, 0.25) is 5.91 Å². The lowest BCUT2D eigenvalue weighted by Gasteiger charge is -2.28. The van der Waals surface area contributed by atoms with Gasteiger partial charge in [-0.2, -0.15) is 0 Å². The van der Waals surface area contributed by atoms with Gasteiger partial charge >= 0.3 is 12.1 Å². The van der Waals surface area contributed by atoms with Crippen molar-refractivity contribution in [2.75, 3.05) is 6.61 Å². The van der Waals surface area contributed by atoms with Crippen molar-refractivity contribution in [3.05, 3.63) is 95.6 Å². The summed E-state index contributed by atoms with van der Waals surface area (Å²) >= 11 is 0. The van der Waals surface area contributed by atoms with Crippen LogP contribution >= 0.6 is 0 Å². The number of carbonyl (C=O) groups is 3. The summed E-state index contributed by atoms with van der Waals surface area (Å²) in [5.74, 6) is -2.21. The molecule has 3 aromatic carbocycles.